The molecule has 0 saturated carbocycles. The van der Waals surface area contributed by atoms with E-state index in [-0.39, 0.29) is 5.91 Å². The van der Waals surface area contributed by atoms with Crippen LogP contribution < -0.4 is 15.5 Å². The Labute approximate surface area is 169 Å². The van der Waals surface area contributed by atoms with Gasteiger partial charge in [-0.2, -0.15) is 0 Å². The number of rotatable bonds is 6. The Kier molecular flexibility index (Phi) is 5.92. The summed E-state index contributed by atoms with van der Waals surface area (Å²) in [4.78, 5) is 27.4. The molecule has 1 fully saturated rings. The highest BCUT2D eigenvalue weighted by Crippen LogP contribution is 2.26. The first kappa shape index (κ1) is 18.8. The van der Waals surface area contributed by atoms with Gasteiger partial charge in [-0.05, 0) is 29.8 Å². The van der Waals surface area contributed by atoms with Gasteiger partial charge in [-0.1, -0.05) is 12.1 Å². The number of para-hydroxylation sites is 2. The molecule has 148 valence electrons. The lowest BCUT2D eigenvalue weighted by atomic mass is 10.2. The number of benzene rings is 1. The highest BCUT2D eigenvalue weighted by atomic mass is 16.5. The van der Waals surface area contributed by atoms with Crippen LogP contribution in [-0.4, -0.2) is 47.2 Å². The van der Waals surface area contributed by atoms with E-state index in [9.17, 15) is 4.79 Å². The predicted molar refractivity (Wildman–Crippen MR) is 111 cm³/mol. The number of aromatic nitrogens is 3. The minimum Gasteiger partial charge on any atom is -0.378 e. The molecule has 0 unspecified atom stereocenters. The van der Waals surface area contributed by atoms with E-state index >= 15 is 0 Å². The van der Waals surface area contributed by atoms with E-state index in [0.717, 1.165) is 30.0 Å². The summed E-state index contributed by atoms with van der Waals surface area (Å²) in [5, 5.41) is 6.10. The average Bonchev–Trinajstić information content (AvgIpc) is 2.80. The van der Waals surface area contributed by atoms with Crippen molar-refractivity contribution < 1.29 is 9.53 Å². The zero-order valence-corrected chi connectivity index (χ0v) is 15.9. The van der Waals surface area contributed by atoms with Crippen LogP contribution >= 0.6 is 0 Å². The highest BCUT2D eigenvalue weighted by molar-refractivity contribution is 6.05. The van der Waals surface area contributed by atoms with Gasteiger partial charge < -0.3 is 20.3 Å². The summed E-state index contributed by atoms with van der Waals surface area (Å²) in [6, 6.07) is 11.6. The molecule has 1 aromatic carbocycles. The third-order valence-electron chi connectivity index (χ3n) is 4.62. The Bertz CT molecular complexity index is 943. The van der Waals surface area contributed by atoms with Gasteiger partial charge in [0.15, 0.2) is 0 Å². The molecule has 0 spiro atoms. The monoisotopic (exact) mass is 390 g/mol. The van der Waals surface area contributed by atoms with Gasteiger partial charge in [-0.25, -0.2) is 9.97 Å². The number of ether oxygens (including phenoxy) is 1. The van der Waals surface area contributed by atoms with E-state index in [2.05, 4.69) is 30.5 Å². The van der Waals surface area contributed by atoms with E-state index in [0.29, 0.717) is 31.3 Å². The van der Waals surface area contributed by atoms with Crippen molar-refractivity contribution >= 4 is 23.2 Å². The molecule has 29 heavy (non-hydrogen) atoms. The molecule has 1 aliphatic heterocycles. The van der Waals surface area contributed by atoms with Crippen LogP contribution in [0.3, 0.4) is 0 Å². The number of carbonyl (C=O) groups excluding carboxylic acids is 1. The molecule has 1 saturated heterocycles. The van der Waals surface area contributed by atoms with Crippen LogP contribution in [0.5, 0.6) is 0 Å². The topological polar surface area (TPSA) is 92.3 Å². The molecular formula is C21H22N6O2. The third-order valence-corrected chi connectivity index (χ3v) is 4.62. The number of nitrogens with zero attached hydrogens (tertiary/aromatic N) is 4. The van der Waals surface area contributed by atoms with Crippen molar-refractivity contribution in [3.63, 3.8) is 0 Å². The summed E-state index contributed by atoms with van der Waals surface area (Å²) in [5.74, 6) is 0.221. The number of hydrogen-bond donors (Lipinski definition) is 2. The van der Waals surface area contributed by atoms with Gasteiger partial charge in [0.25, 0.3) is 5.91 Å². The maximum absolute atomic E-state index is 12.7. The molecule has 3 aromatic rings. The van der Waals surface area contributed by atoms with Crippen molar-refractivity contribution in [2.24, 2.45) is 0 Å². The summed E-state index contributed by atoms with van der Waals surface area (Å²) < 4.78 is 5.42. The summed E-state index contributed by atoms with van der Waals surface area (Å²) in [6.45, 7) is 3.55. The summed E-state index contributed by atoms with van der Waals surface area (Å²) in [5.41, 5.74) is 3.22. The summed E-state index contributed by atoms with van der Waals surface area (Å²) >= 11 is 0. The lowest BCUT2D eigenvalue weighted by Gasteiger charge is -2.30. The van der Waals surface area contributed by atoms with Crippen LogP contribution in [0.15, 0.2) is 61.2 Å². The van der Waals surface area contributed by atoms with E-state index < -0.39 is 0 Å². The largest absolute Gasteiger partial charge is 0.378 e. The van der Waals surface area contributed by atoms with Crippen molar-refractivity contribution in [2.45, 2.75) is 6.54 Å². The number of nitrogens with one attached hydrogen (secondary N) is 2. The molecule has 8 nitrogen and oxygen atoms in total. The number of carbonyl (C=O) groups is 1. The van der Waals surface area contributed by atoms with E-state index in [1.165, 1.54) is 12.4 Å². The standard InChI is InChI=1S/C21H22N6O2/c28-20(26-18-3-1-2-4-19(18)27-9-11-29-12-10-27)17-14-24-21(25-15-17)23-13-16-5-7-22-8-6-16/h1-8,14-15H,9-13H2,(H,26,28)(H,23,24,25). The lowest BCUT2D eigenvalue weighted by Crippen LogP contribution is -2.36. The Hall–Kier alpha value is -3.52. The number of morpholine rings is 1. The first-order valence-electron chi connectivity index (χ1n) is 9.47. The molecule has 4 rings (SSSR count). The Morgan fingerprint density at radius 1 is 1.03 bits per heavy atom. The minimum absolute atomic E-state index is 0.244. The van der Waals surface area contributed by atoms with Crippen LogP contribution in [0.4, 0.5) is 17.3 Å². The van der Waals surface area contributed by atoms with Crippen LogP contribution in [0.2, 0.25) is 0 Å². The molecule has 1 aliphatic rings. The lowest BCUT2D eigenvalue weighted by molar-refractivity contribution is 0.102. The first-order chi connectivity index (χ1) is 14.3. The molecule has 0 radical (unpaired) electrons. The molecule has 0 bridgehead atoms. The van der Waals surface area contributed by atoms with Gasteiger partial charge >= 0.3 is 0 Å². The molecule has 1 amide bonds. The van der Waals surface area contributed by atoms with Crippen molar-refractivity contribution in [2.75, 3.05) is 41.8 Å². The van der Waals surface area contributed by atoms with Gasteiger partial charge in [0.2, 0.25) is 5.95 Å². The Morgan fingerprint density at radius 2 is 1.76 bits per heavy atom. The van der Waals surface area contributed by atoms with Crippen LogP contribution in [0.25, 0.3) is 0 Å². The highest BCUT2D eigenvalue weighted by Gasteiger charge is 2.16. The Balaban J connectivity index is 1.40. The minimum atomic E-state index is -0.244. The van der Waals surface area contributed by atoms with E-state index in [4.69, 9.17) is 4.74 Å². The zero-order chi connectivity index (χ0) is 19.9. The SMILES string of the molecule is O=C(Nc1ccccc1N1CCOCC1)c1cnc(NCc2ccncc2)nc1. The summed E-state index contributed by atoms with van der Waals surface area (Å²) in [7, 11) is 0. The van der Waals surface area contributed by atoms with Crippen LogP contribution in [-0.2, 0) is 11.3 Å². The van der Waals surface area contributed by atoms with Gasteiger partial charge in [0.05, 0.1) is 30.2 Å². The maximum Gasteiger partial charge on any atom is 0.258 e. The third kappa shape index (κ3) is 4.85. The van der Waals surface area contributed by atoms with Crippen molar-refractivity contribution in [1.82, 2.24) is 15.0 Å². The second kappa shape index (κ2) is 9.11. The molecule has 8 heteroatoms. The molecule has 2 N–H and O–H groups in total. The maximum atomic E-state index is 12.7. The second-order valence-corrected chi connectivity index (χ2v) is 6.58. The molecule has 0 aliphatic carbocycles. The zero-order valence-electron chi connectivity index (χ0n) is 15.9. The van der Waals surface area contributed by atoms with Gasteiger partial charge in [0.1, 0.15) is 0 Å². The van der Waals surface area contributed by atoms with E-state index in [1.807, 2.05) is 36.4 Å². The second-order valence-electron chi connectivity index (χ2n) is 6.58. The summed E-state index contributed by atoms with van der Waals surface area (Å²) in [6.07, 6.45) is 6.52. The molecule has 2 aromatic heterocycles. The fraction of sp³-hybridized carbons (Fsp3) is 0.238. The molecule has 0 atom stereocenters. The first-order valence-corrected chi connectivity index (χ1v) is 9.47. The van der Waals surface area contributed by atoms with Crippen molar-refractivity contribution in [3.05, 3.63) is 72.3 Å². The normalized spacial score (nSPS) is 13.7. The van der Waals surface area contributed by atoms with E-state index in [1.54, 1.807) is 12.4 Å². The van der Waals surface area contributed by atoms with Crippen LogP contribution in [0, 0.1) is 0 Å². The number of hydrogen-bond acceptors (Lipinski definition) is 7. The number of pyridine rings is 1. The van der Waals surface area contributed by atoms with Gasteiger partial charge in [-0.3, -0.25) is 9.78 Å². The van der Waals surface area contributed by atoms with Crippen molar-refractivity contribution in [1.29, 1.82) is 0 Å². The number of anilines is 3. The fourth-order valence-electron chi connectivity index (χ4n) is 3.07. The fourth-order valence-corrected chi connectivity index (χ4v) is 3.07. The van der Waals surface area contributed by atoms with Gasteiger partial charge in [0, 0.05) is 44.4 Å². The number of amides is 1. The van der Waals surface area contributed by atoms with Gasteiger partial charge in [-0.15, -0.1) is 0 Å². The Morgan fingerprint density at radius 3 is 2.52 bits per heavy atom. The average molecular weight is 390 g/mol. The molecular weight excluding hydrogens is 368 g/mol. The quantitative estimate of drug-likeness (QED) is 0.668. The smallest absolute Gasteiger partial charge is 0.258 e. The predicted octanol–water partition coefficient (Wildman–Crippen LogP) is 2.57. The van der Waals surface area contributed by atoms with Crippen LogP contribution in [0.1, 0.15) is 15.9 Å². The molecule has 3 heterocycles. The van der Waals surface area contributed by atoms with Crippen molar-refractivity contribution in [3.8, 4) is 0 Å².